The van der Waals surface area contributed by atoms with E-state index in [4.69, 9.17) is 4.74 Å². The molecule has 19 heavy (non-hydrogen) atoms. The lowest BCUT2D eigenvalue weighted by atomic mass is 10.2. The molecular formula is C16H20N2O. The van der Waals surface area contributed by atoms with Gasteiger partial charge in [0.25, 0.3) is 0 Å². The first kappa shape index (κ1) is 13.6. The van der Waals surface area contributed by atoms with Gasteiger partial charge in [0, 0.05) is 12.2 Å². The van der Waals surface area contributed by atoms with Crippen LogP contribution in [0.4, 0.5) is 0 Å². The summed E-state index contributed by atoms with van der Waals surface area (Å²) in [7, 11) is 0. The Hall–Kier alpha value is -1.87. The molecule has 100 valence electrons. The molecule has 2 aromatic rings. The number of aromatic nitrogens is 1. The molecule has 0 saturated carbocycles. The van der Waals surface area contributed by atoms with Crippen LogP contribution in [-0.2, 0) is 0 Å². The second kappa shape index (κ2) is 7.54. The van der Waals surface area contributed by atoms with Crippen molar-refractivity contribution in [1.29, 1.82) is 0 Å². The molecule has 0 aliphatic rings. The monoisotopic (exact) mass is 256 g/mol. The van der Waals surface area contributed by atoms with E-state index in [1.165, 1.54) is 0 Å². The van der Waals surface area contributed by atoms with Crippen LogP contribution in [-0.4, -0.2) is 18.1 Å². The highest BCUT2D eigenvalue weighted by Crippen LogP contribution is 2.09. The molecule has 0 aliphatic carbocycles. The van der Waals surface area contributed by atoms with E-state index in [0.29, 0.717) is 0 Å². The number of para-hydroxylation sites is 1. The van der Waals surface area contributed by atoms with Gasteiger partial charge in [-0.15, -0.1) is 0 Å². The predicted octanol–water partition coefficient (Wildman–Crippen LogP) is 3.20. The average Bonchev–Trinajstić information content (AvgIpc) is 2.49. The molecule has 0 spiro atoms. The molecule has 3 nitrogen and oxygen atoms in total. The zero-order chi connectivity index (χ0) is 13.3. The highest BCUT2D eigenvalue weighted by molar-refractivity contribution is 5.20. The Balaban J connectivity index is 1.62. The summed E-state index contributed by atoms with van der Waals surface area (Å²) in [5.41, 5.74) is 1.08. The van der Waals surface area contributed by atoms with Crippen molar-refractivity contribution >= 4 is 0 Å². The fourth-order valence-corrected chi connectivity index (χ4v) is 1.83. The second-order valence-corrected chi connectivity index (χ2v) is 4.45. The molecule has 0 unspecified atom stereocenters. The summed E-state index contributed by atoms with van der Waals surface area (Å²) in [4.78, 5) is 4.33. The molecular weight excluding hydrogens is 236 g/mol. The summed E-state index contributed by atoms with van der Waals surface area (Å²) in [6.45, 7) is 3.77. The number of benzene rings is 1. The Kier molecular flexibility index (Phi) is 5.38. The van der Waals surface area contributed by atoms with Gasteiger partial charge < -0.3 is 10.1 Å². The first-order valence-electron chi connectivity index (χ1n) is 6.68. The van der Waals surface area contributed by atoms with Crippen molar-refractivity contribution in [2.24, 2.45) is 0 Å². The Bertz CT molecular complexity index is 459. The van der Waals surface area contributed by atoms with Crippen LogP contribution in [0.25, 0.3) is 0 Å². The van der Waals surface area contributed by atoms with Gasteiger partial charge in [-0.05, 0) is 44.2 Å². The third kappa shape index (κ3) is 4.72. The van der Waals surface area contributed by atoms with Gasteiger partial charge in [-0.25, -0.2) is 0 Å². The number of hydrogen-bond donors (Lipinski definition) is 1. The van der Waals surface area contributed by atoms with Crippen LogP contribution < -0.4 is 10.1 Å². The van der Waals surface area contributed by atoms with Crippen molar-refractivity contribution in [2.45, 2.75) is 19.4 Å². The number of rotatable bonds is 7. The molecule has 0 fully saturated rings. The summed E-state index contributed by atoms with van der Waals surface area (Å²) in [5.74, 6) is 0.931. The molecule has 0 saturated heterocycles. The lowest BCUT2D eigenvalue weighted by Crippen LogP contribution is -2.22. The highest BCUT2D eigenvalue weighted by Gasteiger charge is 2.04. The predicted molar refractivity (Wildman–Crippen MR) is 77.2 cm³/mol. The third-order valence-electron chi connectivity index (χ3n) is 2.91. The highest BCUT2D eigenvalue weighted by atomic mass is 16.5. The maximum Gasteiger partial charge on any atom is 0.119 e. The van der Waals surface area contributed by atoms with E-state index < -0.39 is 0 Å². The van der Waals surface area contributed by atoms with Crippen molar-refractivity contribution in [3.05, 3.63) is 60.4 Å². The van der Waals surface area contributed by atoms with Crippen LogP contribution in [0, 0.1) is 0 Å². The molecule has 0 radical (unpaired) electrons. The van der Waals surface area contributed by atoms with Crippen LogP contribution in [0.1, 0.15) is 25.1 Å². The van der Waals surface area contributed by atoms with E-state index in [1.807, 2.05) is 54.7 Å². The number of hydrogen-bond acceptors (Lipinski definition) is 3. The minimum absolute atomic E-state index is 0.276. The number of ether oxygens (including phenoxy) is 1. The summed E-state index contributed by atoms with van der Waals surface area (Å²) < 4.78 is 5.64. The fourth-order valence-electron chi connectivity index (χ4n) is 1.83. The van der Waals surface area contributed by atoms with Crippen LogP contribution in [0.2, 0.25) is 0 Å². The zero-order valence-electron chi connectivity index (χ0n) is 11.3. The van der Waals surface area contributed by atoms with Gasteiger partial charge in [0.1, 0.15) is 5.75 Å². The SMILES string of the molecule is C[C@H](NCCCOc1ccccc1)c1ccccn1. The molecule has 1 aromatic carbocycles. The van der Waals surface area contributed by atoms with Gasteiger partial charge in [-0.2, -0.15) is 0 Å². The number of nitrogens with one attached hydrogen (secondary N) is 1. The molecule has 1 N–H and O–H groups in total. The topological polar surface area (TPSA) is 34.1 Å². The summed E-state index contributed by atoms with van der Waals surface area (Å²) in [6, 6.07) is 16.2. The normalized spacial score (nSPS) is 12.1. The van der Waals surface area contributed by atoms with E-state index in [1.54, 1.807) is 0 Å². The molecule has 0 amide bonds. The van der Waals surface area contributed by atoms with Crippen LogP contribution in [0.3, 0.4) is 0 Å². The molecule has 0 bridgehead atoms. The Morgan fingerprint density at radius 3 is 2.63 bits per heavy atom. The number of pyridine rings is 1. The summed E-state index contributed by atoms with van der Waals surface area (Å²) in [6.07, 6.45) is 2.80. The molecule has 1 aromatic heterocycles. The standard InChI is InChI=1S/C16H20N2O/c1-14(16-10-5-6-11-18-16)17-12-7-13-19-15-8-3-2-4-9-15/h2-6,8-11,14,17H,7,12-13H2,1H3/t14-/m0/s1. The number of nitrogens with zero attached hydrogens (tertiary/aromatic N) is 1. The van der Waals surface area contributed by atoms with Gasteiger partial charge in [0.05, 0.1) is 12.3 Å². The van der Waals surface area contributed by atoms with Gasteiger partial charge in [0.2, 0.25) is 0 Å². The smallest absolute Gasteiger partial charge is 0.119 e. The molecule has 3 heteroatoms. The van der Waals surface area contributed by atoms with Crippen LogP contribution in [0.5, 0.6) is 5.75 Å². The van der Waals surface area contributed by atoms with Crippen LogP contribution in [0.15, 0.2) is 54.7 Å². The first-order valence-corrected chi connectivity index (χ1v) is 6.68. The van der Waals surface area contributed by atoms with Gasteiger partial charge in [0.15, 0.2) is 0 Å². The molecule has 2 rings (SSSR count). The lowest BCUT2D eigenvalue weighted by molar-refractivity contribution is 0.305. The van der Waals surface area contributed by atoms with Crippen molar-refractivity contribution in [3.63, 3.8) is 0 Å². The quantitative estimate of drug-likeness (QED) is 0.772. The maximum atomic E-state index is 5.64. The lowest BCUT2D eigenvalue weighted by Gasteiger charge is -2.13. The van der Waals surface area contributed by atoms with Crippen molar-refractivity contribution in [3.8, 4) is 5.75 Å². The van der Waals surface area contributed by atoms with Crippen molar-refractivity contribution in [1.82, 2.24) is 10.3 Å². The van der Waals surface area contributed by atoms with E-state index in [9.17, 15) is 0 Å². The van der Waals surface area contributed by atoms with Gasteiger partial charge in [-0.1, -0.05) is 24.3 Å². The molecule has 0 aliphatic heterocycles. The van der Waals surface area contributed by atoms with E-state index in [2.05, 4.69) is 17.2 Å². The van der Waals surface area contributed by atoms with Gasteiger partial charge in [-0.3, -0.25) is 4.98 Å². The van der Waals surface area contributed by atoms with Gasteiger partial charge >= 0.3 is 0 Å². The van der Waals surface area contributed by atoms with Crippen molar-refractivity contribution in [2.75, 3.05) is 13.2 Å². The largest absolute Gasteiger partial charge is 0.494 e. The van der Waals surface area contributed by atoms with E-state index >= 15 is 0 Å². The fraction of sp³-hybridized carbons (Fsp3) is 0.312. The summed E-state index contributed by atoms with van der Waals surface area (Å²) >= 11 is 0. The second-order valence-electron chi connectivity index (χ2n) is 4.45. The molecule has 1 heterocycles. The third-order valence-corrected chi connectivity index (χ3v) is 2.91. The maximum absolute atomic E-state index is 5.64. The first-order chi connectivity index (χ1) is 9.36. The van der Waals surface area contributed by atoms with Crippen LogP contribution >= 0.6 is 0 Å². The summed E-state index contributed by atoms with van der Waals surface area (Å²) in [5, 5.41) is 3.44. The minimum atomic E-state index is 0.276. The Morgan fingerprint density at radius 2 is 1.89 bits per heavy atom. The molecule has 1 atom stereocenters. The zero-order valence-corrected chi connectivity index (χ0v) is 11.3. The Morgan fingerprint density at radius 1 is 1.11 bits per heavy atom. The average molecular weight is 256 g/mol. The van der Waals surface area contributed by atoms with E-state index in [0.717, 1.165) is 31.0 Å². The minimum Gasteiger partial charge on any atom is -0.494 e. The Labute approximate surface area is 114 Å². The van der Waals surface area contributed by atoms with Crippen molar-refractivity contribution < 1.29 is 4.74 Å². The van der Waals surface area contributed by atoms with E-state index in [-0.39, 0.29) is 6.04 Å².